The molecule has 0 aliphatic carbocycles. The Hall–Kier alpha value is -2.00. The van der Waals surface area contributed by atoms with Crippen molar-refractivity contribution >= 4 is 23.4 Å². The van der Waals surface area contributed by atoms with Crippen LogP contribution >= 0.6 is 11.8 Å². The molecular formula is C20H24F3N3O2S. The smallest absolute Gasteiger partial charge is 0.376 e. The van der Waals surface area contributed by atoms with Gasteiger partial charge >= 0.3 is 6.18 Å². The molecule has 1 aliphatic rings. The lowest BCUT2D eigenvalue weighted by Gasteiger charge is -2.17. The van der Waals surface area contributed by atoms with Gasteiger partial charge in [0.1, 0.15) is 0 Å². The Balaban J connectivity index is 1.65. The number of nitrogens with one attached hydrogen (secondary N) is 1. The molecule has 9 heteroatoms. The Bertz CT molecular complexity index is 859. The Kier molecular flexibility index (Phi) is 6.58. The molecule has 0 radical (unpaired) electrons. The Morgan fingerprint density at radius 3 is 2.62 bits per heavy atom. The van der Waals surface area contributed by atoms with Crippen molar-refractivity contribution in [2.75, 3.05) is 11.9 Å². The number of rotatable bonds is 6. The summed E-state index contributed by atoms with van der Waals surface area (Å²) in [7, 11) is 0. The number of nitrogens with zero attached hydrogens (tertiary/aromatic N) is 2. The van der Waals surface area contributed by atoms with Crippen molar-refractivity contribution in [3.8, 4) is 0 Å². The van der Waals surface area contributed by atoms with Gasteiger partial charge in [0.15, 0.2) is 5.16 Å². The van der Waals surface area contributed by atoms with Crippen LogP contribution in [0.1, 0.15) is 36.7 Å². The van der Waals surface area contributed by atoms with Crippen molar-refractivity contribution in [2.24, 2.45) is 0 Å². The van der Waals surface area contributed by atoms with Gasteiger partial charge in [0, 0.05) is 18.0 Å². The molecule has 3 rings (SSSR count). The average molecular weight is 427 g/mol. The highest BCUT2D eigenvalue weighted by Crippen LogP contribution is 2.31. The van der Waals surface area contributed by atoms with E-state index in [9.17, 15) is 18.0 Å². The van der Waals surface area contributed by atoms with E-state index in [-0.39, 0.29) is 12.0 Å². The Morgan fingerprint density at radius 1 is 1.34 bits per heavy atom. The van der Waals surface area contributed by atoms with E-state index in [1.807, 2.05) is 13.8 Å². The number of imidazole rings is 1. The van der Waals surface area contributed by atoms with Crippen LogP contribution < -0.4 is 5.32 Å². The molecule has 2 aromatic rings. The summed E-state index contributed by atoms with van der Waals surface area (Å²) in [6.07, 6.45) is -2.20. The van der Waals surface area contributed by atoms with Crippen molar-refractivity contribution in [1.82, 2.24) is 9.55 Å². The molecule has 2 unspecified atom stereocenters. The lowest BCUT2D eigenvalue weighted by molar-refractivity contribution is -0.137. The third-order valence-electron chi connectivity index (χ3n) is 4.96. The number of halogens is 3. The predicted molar refractivity (Wildman–Crippen MR) is 106 cm³/mol. The SMILES string of the molecule is Cc1nc(SC(C)C(=O)Nc2ccc(C(F)(F)F)cc2)n(CC2CCCO2)c1C. The second-order valence-electron chi connectivity index (χ2n) is 7.14. The van der Waals surface area contributed by atoms with Crippen molar-refractivity contribution in [2.45, 2.75) is 62.8 Å². The number of carbonyl (C=O) groups excluding carboxylic acids is 1. The lowest BCUT2D eigenvalue weighted by Crippen LogP contribution is -2.23. The van der Waals surface area contributed by atoms with E-state index in [1.165, 1.54) is 23.9 Å². The van der Waals surface area contributed by atoms with E-state index in [0.29, 0.717) is 12.2 Å². The molecule has 1 aliphatic heterocycles. The molecule has 29 heavy (non-hydrogen) atoms. The number of aryl methyl sites for hydroxylation is 1. The van der Waals surface area contributed by atoms with Crippen LogP contribution in [0.5, 0.6) is 0 Å². The first-order valence-corrected chi connectivity index (χ1v) is 10.3. The zero-order valence-corrected chi connectivity index (χ0v) is 17.4. The van der Waals surface area contributed by atoms with Crippen molar-refractivity contribution in [3.63, 3.8) is 0 Å². The number of anilines is 1. The molecule has 1 N–H and O–H groups in total. The van der Waals surface area contributed by atoms with Gasteiger partial charge in [0.25, 0.3) is 0 Å². The fourth-order valence-electron chi connectivity index (χ4n) is 3.12. The van der Waals surface area contributed by atoms with Gasteiger partial charge in [0.05, 0.1) is 29.2 Å². The van der Waals surface area contributed by atoms with E-state index in [2.05, 4.69) is 14.9 Å². The van der Waals surface area contributed by atoms with Crippen LogP contribution in [0.15, 0.2) is 29.4 Å². The van der Waals surface area contributed by atoms with Crippen LogP contribution in [0.25, 0.3) is 0 Å². The first kappa shape index (κ1) is 21.7. The van der Waals surface area contributed by atoms with Gasteiger partial charge in [-0.2, -0.15) is 13.2 Å². The number of thioether (sulfide) groups is 1. The van der Waals surface area contributed by atoms with E-state index in [4.69, 9.17) is 4.74 Å². The number of hydrogen-bond donors (Lipinski definition) is 1. The summed E-state index contributed by atoms with van der Waals surface area (Å²) < 4.78 is 45.8. The van der Waals surface area contributed by atoms with Crippen LogP contribution in [0.4, 0.5) is 18.9 Å². The van der Waals surface area contributed by atoms with Gasteiger partial charge in [0.2, 0.25) is 5.91 Å². The highest BCUT2D eigenvalue weighted by molar-refractivity contribution is 8.00. The second kappa shape index (κ2) is 8.79. The maximum absolute atomic E-state index is 12.7. The minimum atomic E-state index is -4.40. The maximum atomic E-state index is 12.7. The standard InChI is InChI=1S/C20H24F3N3O2S/c1-12-13(2)26(11-17-5-4-10-28-17)19(24-12)29-14(3)18(27)25-16-8-6-15(7-9-16)20(21,22)23/h6-9,14,17H,4-5,10-11H2,1-3H3,(H,25,27). The largest absolute Gasteiger partial charge is 0.416 e. The number of hydrogen-bond acceptors (Lipinski definition) is 4. The summed E-state index contributed by atoms with van der Waals surface area (Å²) in [5.74, 6) is -0.295. The lowest BCUT2D eigenvalue weighted by atomic mass is 10.2. The minimum absolute atomic E-state index is 0.151. The summed E-state index contributed by atoms with van der Waals surface area (Å²) in [5, 5.41) is 2.94. The highest BCUT2D eigenvalue weighted by Gasteiger charge is 2.30. The summed E-state index contributed by atoms with van der Waals surface area (Å²) in [5.41, 5.74) is 1.52. The number of aromatic nitrogens is 2. The monoisotopic (exact) mass is 427 g/mol. The highest BCUT2D eigenvalue weighted by atomic mass is 32.2. The molecule has 5 nitrogen and oxygen atoms in total. The molecule has 1 aromatic heterocycles. The zero-order chi connectivity index (χ0) is 21.2. The molecule has 2 heterocycles. The van der Waals surface area contributed by atoms with Crippen LogP contribution in [0.2, 0.25) is 0 Å². The van der Waals surface area contributed by atoms with E-state index in [1.54, 1.807) is 6.92 Å². The van der Waals surface area contributed by atoms with E-state index in [0.717, 1.165) is 48.1 Å². The Morgan fingerprint density at radius 2 is 2.03 bits per heavy atom. The topological polar surface area (TPSA) is 56.2 Å². The molecule has 1 aromatic carbocycles. The number of ether oxygens (including phenoxy) is 1. The van der Waals surface area contributed by atoms with Crippen LogP contribution in [0, 0.1) is 13.8 Å². The summed E-state index contributed by atoms with van der Waals surface area (Å²) in [6, 6.07) is 4.42. The number of carbonyl (C=O) groups is 1. The third-order valence-corrected chi connectivity index (χ3v) is 6.05. The van der Waals surface area contributed by atoms with Crippen molar-refractivity contribution < 1.29 is 22.7 Å². The molecular weight excluding hydrogens is 403 g/mol. The van der Waals surface area contributed by atoms with Gasteiger partial charge < -0.3 is 14.6 Å². The summed E-state index contributed by atoms with van der Waals surface area (Å²) in [6.45, 7) is 7.14. The van der Waals surface area contributed by atoms with Crippen molar-refractivity contribution in [3.05, 3.63) is 41.2 Å². The van der Waals surface area contributed by atoms with Gasteiger partial charge in [-0.15, -0.1) is 0 Å². The minimum Gasteiger partial charge on any atom is -0.376 e. The van der Waals surface area contributed by atoms with Gasteiger partial charge in [-0.1, -0.05) is 11.8 Å². The molecule has 1 amide bonds. The van der Waals surface area contributed by atoms with Gasteiger partial charge in [-0.05, 0) is 57.9 Å². The first-order chi connectivity index (χ1) is 13.6. The number of benzene rings is 1. The van der Waals surface area contributed by atoms with Crippen LogP contribution in [-0.4, -0.2) is 33.4 Å². The molecule has 0 saturated carbocycles. The molecule has 0 spiro atoms. The van der Waals surface area contributed by atoms with Gasteiger partial charge in [-0.3, -0.25) is 4.79 Å². The average Bonchev–Trinajstić information content (AvgIpc) is 3.26. The van der Waals surface area contributed by atoms with Crippen molar-refractivity contribution in [1.29, 1.82) is 0 Å². The third kappa shape index (κ3) is 5.33. The van der Waals surface area contributed by atoms with E-state index < -0.39 is 17.0 Å². The fraction of sp³-hybridized carbons (Fsp3) is 0.500. The molecule has 1 fully saturated rings. The second-order valence-corrected chi connectivity index (χ2v) is 8.44. The molecule has 158 valence electrons. The van der Waals surface area contributed by atoms with E-state index >= 15 is 0 Å². The van der Waals surface area contributed by atoms with Crippen LogP contribution in [-0.2, 0) is 22.3 Å². The summed E-state index contributed by atoms with van der Waals surface area (Å²) in [4.78, 5) is 17.1. The summed E-state index contributed by atoms with van der Waals surface area (Å²) >= 11 is 1.33. The maximum Gasteiger partial charge on any atom is 0.416 e. The molecule has 1 saturated heterocycles. The first-order valence-electron chi connectivity index (χ1n) is 9.45. The Labute approximate surface area is 172 Å². The van der Waals surface area contributed by atoms with Crippen LogP contribution in [0.3, 0.4) is 0 Å². The number of alkyl halides is 3. The number of amides is 1. The predicted octanol–water partition coefficient (Wildman–Crippen LogP) is 4.82. The zero-order valence-electron chi connectivity index (χ0n) is 16.5. The fourth-order valence-corrected chi connectivity index (χ4v) is 4.13. The normalized spacial score (nSPS) is 18.1. The quantitative estimate of drug-likeness (QED) is 0.672. The van der Waals surface area contributed by atoms with Gasteiger partial charge in [-0.25, -0.2) is 4.98 Å². The molecule has 2 atom stereocenters. The molecule has 0 bridgehead atoms.